The van der Waals surface area contributed by atoms with Crippen LogP contribution in [0.4, 0.5) is 0 Å². The van der Waals surface area contributed by atoms with E-state index in [9.17, 15) is 24.6 Å². The van der Waals surface area contributed by atoms with Gasteiger partial charge in [0, 0.05) is 18.8 Å². The fourth-order valence-corrected chi connectivity index (χ4v) is 2.28. The van der Waals surface area contributed by atoms with Crippen molar-refractivity contribution in [2.24, 2.45) is 5.92 Å². The molecule has 5 nitrogen and oxygen atoms in total. The first-order valence-electron chi connectivity index (χ1n) is 7.92. The normalized spacial score (nSPS) is 11.0. The summed E-state index contributed by atoms with van der Waals surface area (Å²) in [4.78, 5) is 32.7. The average molecular weight is 344 g/mol. The molecule has 0 spiro atoms. The summed E-state index contributed by atoms with van der Waals surface area (Å²) in [5, 5.41) is 21.1. The first kappa shape index (κ1) is 28.4. The van der Waals surface area contributed by atoms with Crippen LogP contribution in [0.5, 0.6) is 0 Å². The predicted octanol–water partition coefficient (Wildman–Crippen LogP) is -5.01. The third-order valence-electron chi connectivity index (χ3n) is 3.57. The number of aliphatic carboxylic acids is 2. The van der Waals surface area contributed by atoms with E-state index in [0.717, 1.165) is 19.3 Å². The van der Waals surface area contributed by atoms with Crippen molar-refractivity contribution in [1.29, 1.82) is 0 Å². The second kappa shape index (κ2) is 18.9. The van der Waals surface area contributed by atoms with Crippen molar-refractivity contribution in [3.8, 4) is 0 Å². The molecule has 1 unspecified atom stereocenters. The van der Waals surface area contributed by atoms with E-state index in [-0.39, 0.29) is 65.5 Å². The number of rotatable bonds is 14. The van der Waals surface area contributed by atoms with Crippen molar-refractivity contribution in [3.63, 3.8) is 0 Å². The summed E-state index contributed by atoms with van der Waals surface area (Å²) in [5.74, 6) is -5.30. The number of hydrogen-bond donors (Lipinski definition) is 0. The molecule has 0 rings (SSSR count). The van der Waals surface area contributed by atoms with Gasteiger partial charge in [-0.25, -0.2) is 0 Å². The van der Waals surface area contributed by atoms with Gasteiger partial charge in [-0.05, 0) is 6.42 Å². The minimum atomic E-state index is -1.62. The molecule has 23 heavy (non-hydrogen) atoms. The Labute approximate surface area is 183 Å². The summed E-state index contributed by atoms with van der Waals surface area (Å²) in [5.41, 5.74) is 0. The molecule has 0 bridgehead atoms. The van der Waals surface area contributed by atoms with Crippen LogP contribution in [-0.2, 0) is 14.4 Å². The smallest absolute Gasteiger partial charge is 0.550 e. The van der Waals surface area contributed by atoms with E-state index in [4.69, 9.17) is 0 Å². The summed E-state index contributed by atoms with van der Waals surface area (Å²) in [6.07, 6.45) is 9.13. The van der Waals surface area contributed by atoms with Gasteiger partial charge in [0.25, 0.3) is 0 Å². The molecule has 0 radical (unpaired) electrons. The molecule has 122 valence electrons. The Balaban J connectivity index is -0.00000200. The Morgan fingerprint density at radius 3 is 1.61 bits per heavy atom. The van der Waals surface area contributed by atoms with Crippen molar-refractivity contribution in [1.82, 2.24) is 0 Å². The maximum Gasteiger partial charge on any atom is 1.00 e. The van der Waals surface area contributed by atoms with Gasteiger partial charge < -0.3 is 19.8 Å². The van der Waals surface area contributed by atoms with Crippen LogP contribution in [0.1, 0.15) is 77.6 Å². The standard InChI is InChI=1S/C16H28O5.2Na/c1-2-3-4-5-6-7-8-9-10-11-14(17)13(16(20)21)12-15(18)19;;/h13H,2-12H2,1H3,(H,18,19)(H,20,21);;/q;2*+1/p-2. The second-order valence-electron chi connectivity index (χ2n) is 5.49. The summed E-state index contributed by atoms with van der Waals surface area (Å²) in [6.45, 7) is 2.18. The molecule has 0 heterocycles. The number of carboxylic acid groups (broad SMARTS) is 2. The summed E-state index contributed by atoms with van der Waals surface area (Å²) in [6, 6.07) is 0. The van der Waals surface area contributed by atoms with Crippen LogP contribution < -0.4 is 69.3 Å². The number of carbonyl (C=O) groups excluding carboxylic acids is 3. The Morgan fingerprint density at radius 2 is 1.22 bits per heavy atom. The zero-order chi connectivity index (χ0) is 16.1. The molecule has 0 amide bonds. The number of hydrogen-bond acceptors (Lipinski definition) is 5. The molecular weight excluding hydrogens is 318 g/mol. The zero-order valence-electron chi connectivity index (χ0n) is 14.9. The van der Waals surface area contributed by atoms with Gasteiger partial charge in [0.1, 0.15) is 5.78 Å². The zero-order valence-corrected chi connectivity index (χ0v) is 18.9. The molecule has 0 aliphatic heterocycles. The first-order chi connectivity index (χ1) is 9.99. The third kappa shape index (κ3) is 17.2. The van der Waals surface area contributed by atoms with Gasteiger partial charge in [0.2, 0.25) is 0 Å². The average Bonchev–Trinajstić information content (AvgIpc) is 2.42. The maximum atomic E-state index is 11.6. The molecule has 7 heteroatoms. The van der Waals surface area contributed by atoms with E-state index in [0.29, 0.717) is 6.42 Å². The number of carboxylic acids is 2. The minimum Gasteiger partial charge on any atom is -0.550 e. The van der Waals surface area contributed by atoms with Gasteiger partial charge in [0.05, 0.1) is 11.9 Å². The molecular formula is C16H26Na2O5. The van der Waals surface area contributed by atoms with E-state index in [1.165, 1.54) is 32.1 Å². The Hall–Kier alpha value is 0.610. The monoisotopic (exact) mass is 344 g/mol. The van der Waals surface area contributed by atoms with E-state index in [2.05, 4.69) is 6.92 Å². The fourth-order valence-electron chi connectivity index (χ4n) is 2.28. The molecule has 0 aromatic carbocycles. The number of ketones is 1. The Kier molecular flexibility index (Phi) is 23.4. The number of carbonyl (C=O) groups is 3. The molecule has 0 aliphatic carbocycles. The summed E-state index contributed by atoms with van der Waals surface area (Å²) >= 11 is 0. The third-order valence-corrected chi connectivity index (χ3v) is 3.57. The van der Waals surface area contributed by atoms with Crippen LogP contribution in [0, 0.1) is 5.92 Å². The van der Waals surface area contributed by atoms with Gasteiger partial charge in [-0.15, -0.1) is 0 Å². The predicted molar refractivity (Wildman–Crippen MR) is 75.0 cm³/mol. The molecule has 0 aliphatic rings. The van der Waals surface area contributed by atoms with E-state index >= 15 is 0 Å². The van der Waals surface area contributed by atoms with Crippen molar-refractivity contribution < 1.29 is 83.7 Å². The topological polar surface area (TPSA) is 97.3 Å². The molecule has 0 saturated carbocycles. The SMILES string of the molecule is CCCCCCCCCCCC(=O)C(CC(=O)[O-])C(=O)[O-].[Na+].[Na+]. The molecule has 0 fully saturated rings. The van der Waals surface area contributed by atoms with Gasteiger partial charge in [-0.2, -0.15) is 0 Å². The quantitative estimate of drug-likeness (QED) is 0.179. The molecule has 0 aromatic rings. The van der Waals surface area contributed by atoms with Crippen molar-refractivity contribution in [2.75, 3.05) is 0 Å². The van der Waals surface area contributed by atoms with Gasteiger partial charge in [-0.3, -0.25) is 4.79 Å². The number of unbranched alkanes of at least 4 members (excludes halogenated alkanes) is 8. The van der Waals surface area contributed by atoms with Crippen LogP contribution in [-0.4, -0.2) is 17.7 Å². The number of Topliss-reactive ketones (excluding diaryl/α,β-unsaturated/α-hetero) is 1. The Bertz CT molecular complexity index is 334. The Morgan fingerprint density at radius 1 is 0.783 bits per heavy atom. The summed E-state index contributed by atoms with van der Waals surface area (Å²) in [7, 11) is 0. The van der Waals surface area contributed by atoms with E-state index in [1.54, 1.807) is 0 Å². The van der Waals surface area contributed by atoms with Crippen LogP contribution >= 0.6 is 0 Å². The second-order valence-corrected chi connectivity index (χ2v) is 5.49. The largest absolute Gasteiger partial charge is 1.00 e. The molecule has 0 N–H and O–H groups in total. The fraction of sp³-hybridized carbons (Fsp3) is 0.812. The van der Waals surface area contributed by atoms with Crippen molar-refractivity contribution >= 4 is 17.7 Å². The van der Waals surface area contributed by atoms with Crippen LogP contribution in [0.25, 0.3) is 0 Å². The van der Waals surface area contributed by atoms with E-state index in [1.807, 2.05) is 0 Å². The van der Waals surface area contributed by atoms with Crippen molar-refractivity contribution in [2.45, 2.75) is 77.6 Å². The van der Waals surface area contributed by atoms with Gasteiger partial charge in [-0.1, -0.05) is 58.3 Å². The van der Waals surface area contributed by atoms with Crippen molar-refractivity contribution in [3.05, 3.63) is 0 Å². The first-order valence-corrected chi connectivity index (χ1v) is 7.92. The molecule has 0 saturated heterocycles. The maximum absolute atomic E-state index is 11.6. The van der Waals surface area contributed by atoms with Crippen LogP contribution in [0.15, 0.2) is 0 Å². The minimum absolute atomic E-state index is 0. The molecule has 0 aromatic heterocycles. The van der Waals surface area contributed by atoms with Gasteiger partial charge in [0.15, 0.2) is 0 Å². The van der Waals surface area contributed by atoms with Crippen LogP contribution in [0.3, 0.4) is 0 Å². The molecule has 1 atom stereocenters. The summed E-state index contributed by atoms with van der Waals surface area (Å²) < 4.78 is 0. The van der Waals surface area contributed by atoms with Crippen LogP contribution in [0.2, 0.25) is 0 Å². The van der Waals surface area contributed by atoms with Gasteiger partial charge >= 0.3 is 59.1 Å². The van der Waals surface area contributed by atoms with E-state index < -0.39 is 30.1 Å².